The van der Waals surface area contributed by atoms with Gasteiger partial charge < -0.3 is 15.3 Å². The molecule has 19 heavy (non-hydrogen) atoms. The van der Waals surface area contributed by atoms with E-state index in [2.05, 4.69) is 19.2 Å². The number of amides is 2. The van der Waals surface area contributed by atoms with E-state index >= 15 is 0 Å². The smallest absolute Gasteiger partial charge is 0.323 e. The summed E-state index contributed by atoms with van der Waals surface area (Å²) in [5.74, 6) is 0.273. The Labute approximate surface area is 115 Å². The van der Waals surface area contributed by atoms with Crippen LogP contribution in [0.2, 0.25) is 0 Å². The van der Waals surface area contributed by atoms with Gasteiger partial charge in [-0.3, -0.25) is 4.79 Å². The highest BCUT2D eigenvalue weighted by molar-refractivity contribution is 5.80. The Morgan fingerprint density at radius 3 is 2.26 bits per heavy atom. The van der Waals surface area contributed by atoms with Crippen LogP contribution in [0.4, 0.5) is 4.79 Å². The molecular weight excluding hydrogens is 244 g/mol. The summed E-state index contributed by atoms with van der Waals surface area (Å²) in [6.45, 7) is 6.60. The van der Waals surface area contributed by atoms with Gasteiger partial charge in [-0.2, -0.15) is 0 Å². The Balaban J connectivity index is 2.52. The van der Waals surface area contributed by atoms with E-state index in [0.717, 1.165) is 19.3 Å². The summed E-state index contributed by atoms with van der Waals surface area (Å²) in [7, 11) is 0. The summed E-state index contributed by atoms with van der Waals surface area (Å²) < 4.78 is 0. The van der Waals surface area contributed by atoms with Crippen molar-refractivity contribution >= 4 is 12.0 Å². The van der Waals surface area contributed by atoms with Gasteiger partial charge in [0.05, 0.1) is 0 Å². The second-order valence-corrected chi connectivity index (χ2v) is 5.88. The van der Waals surface area contributed by atoms with Crippen LogP contribution in [0, 0.1) is 11.8 Å². The van der Waals surface area contributed by atoms with E-state index in [1.54, 1.807) is 0 Å². The van der Waals surface area contributed by atoms with Crippen molar-refractivity contribution in [2.75, 3.05) is 13.1 Å². The van der Waals surface area contributed by atoms with Gasteiger partial charge in [-0.25, -0.2) is 4.79 Å². The van der Waals surface area contributed by atoms with Crippen molar-refractivity contribution < 1.29 is 14.7 Å². The molecule has 0 heterocycles. The predicted octanol–water partition coefficient (Wildman–Crippen LogP) is 2.32. The molecular formula is C14H26N2O3. The van der Waals surface area contributed by atoms with E-state index in [9.17, 15) is 9.59 Å². The molecule has 2 amide bonds. The van der Waals surface area contributed by atoms with Gasteiger partial charge >= 0.3 is 12.0 Å². The number of urea groups is 1. The van der Waals surface area contributed by atoms with Gasteiger partial charge in [0, 0.05) is 12.6 Å². The van der Waals surface area contributed by atoms with E-state index in [1.807, 2.05) is 6.92 Å². The zero-order chi connectivity index (χ0) is 14.4. The van der Waals surface area contributed by atoms with Crippen LogP contribution in [-0.4, -0.2) is 41.1 Å². The number of aliphatic carboxylic acids is 1. The molecule has 5 nitrogen and oxygen atoms in total. The van der Waals surface area contributed by atoms with Crippen LogP contribution in [0.15, 0.2) is 0 Å². The van der Waals surface area contributed by atoms with Crippen LogP contribution >= 0.6 is 0 Å². The number of hydrogen-bond acceptors (Lipinski definition) is 2. The van der Waals surface area contributed by atoms with E-state index in [4.69, 9.17) is 5.11 Å². The van der Waals surface area contributed by atoms with Gasteiger partial charge in [-0.15, -0.1) is 0 Å². The van der Waals surface area contributed by atoms with Gasteiger partial charge in [0.25, 0.3) is 0 Å². The normalized spacial score (nSPS) is 26.8. The lowest BCUT2D eigenvalue weighted by molar-refractivity contribution is -0.137. The lowest BCUT2D eigenvalue weighted by atomic mass is 9.80. The summed E-state index contributed by atoms with van der Waals surface area (Å²) >= 11 is 0. The summed E-state index contributed by atoms with van der Waals surface area (Å²) in [4.78, 5) is 24.2. The summed E-state index contributed by atoms with van der Waals surface area (Å²) in [5.41, 5.74) is 0. The van der Waals surface area contributed by atoms with Gasteiger partial charge in [0.1, 0.15) is 6.54 Å². The minimum atomic E-state index is -0.964. The molecule has 1 rings (SSSR count). The summed E-state index contributed by atoms with van der Waals surface area (Å²) in [6.07, 6.45) is 3.95. The fourth-order valence-corrected chi connectivity index (χ4v) is 3.02. The first-order valence-electron chi connectivity index (χ1n) is 7.19. The molecule has 0 aromatic carbocycles. The van der Waals surface area contributed by atoms with Gasteiger partial charge in [-0.05, 0) is 37.5 Å². The van der Waals surface area contributed by atoms with Crippen molar-refractivity contribution in [1.29, 1.82) is 0 Å². The number of carboxylic acids is 1. The van der Waals surface area contributed by atoms with Crippen LogP contribution in [-0.2, 0) is 4.79 Å². The molecule has 0 bridgehead atoms. The van der Waals surface area contributed by atoms with Crippen molar-refractivity contribution in [3.63, 3.8) is 0 Å². The predicted molar refractivity (Wildman–Crippen MR) is 74.0 cm³/mol. The maximum atomic E-state index is 12.1. The molecule has 1 saturated carbocycles. The van der Waals surface area contributed by atoms with E-state index in [-0.39, 0.29) is 18.6 Å². The summed E-state index contributed by atoms with van der Waals surface area (Å²) in [6, 6.07) is -0.0602. The largest absolute Gasteiger partial charge is 0.480 e. The highest BCUT2D eigenvalue weighted by Gasteiger charge is 2.26. The number of carbonyl (C=O) groups excluding carboxylic acids is 1. The molecule has 0 spiro atoms. The molecule has 0 radical (unpaired) electrons. The van der Waals surface area contributed by atoms with E-state index < -0.39 is 5.97 Å². The van der Waals surface area contributed by atoms with Crippen molar-refractivity contribution in [3.05, 3.63) is 0 Å². The fourth-order valence-electron chi connectivity index (χ4n) is 3.02. The van der Waals surface area contributed by atoms with E-state index in [1.165, 1.54) is 11.3 Å². The number of rotatable bonds is 5. The van der Waals surface area contributed by atoms with Crippen molar-refractivity contribution in [3.8, 4) is 0 Å². The van der Waals surface area contributed by atoms with Crippen molar-refractivity contribution in [2.45, 2.75) is 52.5 Å². The average Bonchev–Trinajstić information content (AvgIpc) is 2.26. The third kappa shape index (κ3) is 5.49. The molecule has 2 atom stereocenters. The quantitative estimate of drug-likeness (QED) is 0.805. The van der Waals surface area contributed by atoms with E-state index in [0.29, 0.717) is 18.4 Å². The number of nitrogens with zero attached hydrogens (tertiary/aromatic N) is 1. The molecule has 2 N–H and O–H groups in total. The lowest BCUT2D eigenvalue weighted by Gasteiger charge is -2.33. The SMILES string of the molecule is CCCN(CC(=O)O)C(=O)NC1CC(C)CC(C)C1. The van der Waals surface area contributed by atoms with Gasteiger partial charge in [0.2, 0.25) is 0 Å². The Bertz CT molecular complexity index is 310. The maximum Gasteiger partial charge on any atom is 0.323 e. The van der Waals surface area contributed by atoms with Crippen LogP contribution < -0.4 is 5.32 Å². The zero-order valence-electron chi connectivity index (χ0n) is 12.2. The van der Waals surface area contributed by atoms with Crippen LogP contribution in [0.1, 0.15) is 46.5 Å². The maximum absolute atomic E-state index is 12.1. The average molecular weight is 270 g/mol. The molecule has 2 unspecified atom stereocenters. The Morgan fingerprint density at radius 2 is 1.79 bits per heavy atom. The van der Waals surface area contributed by atoms with Crippen LogP contribution in [0.25, 0.3) is 0 Å². The molecule has 0 saturated heterocycles. The topological polar surface area (TPSA) is 69.6 Å². The Morgan fingerprint density at radius 1 is 1.21 bits per heavy atom. The molecule has 5 heteroatoms. The third-order valence-electron chi connectivity index (χ3n) is 3.61. The first-order valence-corrected chi connectivity index (χ1v) is 7.19. The third-order valence-corrected chi connectivity index (χ3v) is 3.61. The number of nitrogens with one attached hydrogen (secondary N) is 1. The fraction of sp³-hybridized carbons (Fsp3) is 0.857. The molecule has 0 aromatic heterocycles. The zero-order valence-corrected chi connectivity index (χ0v) is 12.2. The minimum absolute atomic E-state index is 0.180. The standard InChI is InChI=1S/C14H26N2O3/c1-4-5-16(9-13(17)18)14(19)15-12-7-10(2)6-11(3)8-12/h10-12H,4-9H2,1-3H3,(H,15,19)(H,17,18). The lowest BCUT2D eigenvalue weighted by Crippen LogP contribution is -2.48. The number of hydrogen-bond donors (Lipinski definition) is 2. The number of carbonyl (C=O) groups is 2. The Kier molecular flexibility index (Phi) is 6.12. The minimum Gasteiger partial charge on any atom is -0.480 e. The molecule has 1 aliphatic carbocycles. The van der Waals surface area contributed by atoms with Crippen molar-refractivity contribution in [2.24, 2.45) is 11.8 Å². The molecule has 1 fully saturated rings. The first kappa shape index (κ1) is 15.8. The Hall–Kier alpha value is -1.26. The second kappa shape index (κ2) is 7.36. The van der Waals surface area contributed by atoms with Crippen molar-refractivity contribution in [1.82, 2.24) is 10.2 Å². The van der Waals surface area contributed by atoms with Gasteiger partial charge in [-0.1, -0.05) is 20.8 Å². The molecule has 0 aliphatic heterocycles. The monoisotopic (exact) mass is 270 g/mol. The first-order chi connectivity index (χ1) is 8.92. The van der Waals surface area contributed by atoms with Gasteiger partial charge in [0.15, 0.2) is 0 Å². The molecule has 110 valence electrons. The highest BCUT2D eigenvalue weighted by Crippen LogP contribution is 2.28. The highest BCUT2D eigenvalue weighted by atomic mass is 16.4. The van der Waals surface area contributed by atoms with Crippen LogP contribution in [0.3, 0.4) is 0 Å². The second-order valence-electron chi connectivity index (χ2n) is 5.88. The van der Waals surface area contributed by atoms with Crippen LogP contribution in [0.5, 0.6) is 0 Å². The summed E-state index contributed by atoms with van der Waals surface area (Å²) in [5, 5.41) is 11.8. The molecule has 1 aliphatic rings. The molecule has 0 aromatic rings. The number of carboxylic acid groups (broad SMARTS) is 1.